The highest BCUT2D eigenvalue weighted by Gasteiger charge is 2.21. The minimum atomic E-state index is 0.630. The Balaban J connectivity index is 2.48. The summed E-state index contributed by atoms with van der Waals surface area (Å²) in [5.41, 5.74) is 8.89. The minimum Gasteiger partial charge on any atom is -0.198 e. The number of benzene rings is 2. The molecule has 1 heterocycles. The van der Waals surface area contributed by atoms with Crippen LogP contribution in [0.1, 0.15) is 43.2 Å². The van der Waals surface area contributed by atoms with E-state index in [-0.39, 0.29) is 0 Å². The Kier molecular flexibility index (Phi) is 4.10. The van der Waals surface area contributed by atoms with E-state index < -0.39 is 0 Å². The molecule has 24 heavy (non-hydrogen) atoms. The van der Waals surface area contributed by atoms with Crippen LogP contribution in [-0.4, -0.2) is 0 Å². The molecule has 3 rings (SSSR count). The second-order valence-electron chi connectivity index (χ2n) is 6.80. The normalized spacial score (nSPS) is 11.8. The third-order valence-electron chi connectivity index (χ3n) is 5.20. The topological polar surface area (TPSA) is 3.88 Å². The smallest absolute Gasteiger partial charge is 0.198 e. The van der Waals surface area contributed by atoms with E-state index in [0.29, 0.717) is 6.04 Å². The van der Waals surface area contributed by atoms with Gasteiger partial charge in [-0.3, -0.25) is 0 Å². The zero-order chi connectivity index (χ0) is 18.3. The van der Waals surface area contributed by atoms with Gasteiger partial charge in [0.15, 0.2) is 5.69 Å². The van der Waals surface area contributed by atoms with Gasteiger partial charge in [-0.2, -0.15) is 4.57 Å². The van der Waals surface area contributed by atoms with E-state index in [1.54, 1.807) is 0 Å². The Hall–Kier alpha value is -2.15. The molecule has 0 aliphatic heterocycles. The molecule has 1 heteroatoms. The Morgan fingerprint density at radius 3 is 2.42 bits per heavy atom. The first-order valence-electron chi connectivity index (χ1n) is 9.41. The highest BCUT2D eigenvalue weighted by molar-refractivity contribution is 5.94. The molecular formula is C23H28N+. The average molecular weight is 319 g/mol. The number of rotatable bonds is 3. The second kappa shape index (κ2) is 6.39. The van der Waals surface area contributed by atoms with E-state index in [1.165, 1.54) is 38.9 Å². The molecule has 0 atom stereocenters. The lowest BCUT2D eigenvalue weighted by molar-refractivity contribution is -0.665. The molecule has 0 saturated heterocycles. The van der Waals surface area contributed by atoms with Crippen molar-refractivity contribution in [3.63, 3.8) is 0 Å². The van der Waals surface area contributed by atoms with Gasteiger partial charge in [0, 0.05) is 13.0 Å². The predicted octanol–water partition coefficient (Wildman–Crippen LogP) is 5.38. The maximum atomic E-state index is 8.57. The predicted molar refractivity (Wildman–Crippen MR) is 104 cm³/mol. The molecule has 1 nitrogen and oxygen atoms in total. The second-order valence-corrected chi connectivity index (χ2v) is 6.80. The summed E-state index contributed by atoms with van der Waals surface area (Å²) in [7, 11) is 2.09. The molecular weight excluding hydrogens is 290 g/mol. The fraction of sp³-hybridized carbons (Fsp3) is 0.348. The number of aryl methyl sites for hydroxylation is 3. The summed E-state index contributed by atoms with van der Waals surface area (Å²) in [6.07, 6.45) is 2.08. The fourth-order valence-corrected chi connectivity index (χ4v) is 3.58. The molecule has 0 radical (unpaired) electrons. The van der Waals surface area contributed by atoms with E-state index in [9.17, 15) is 0 Å². The molecule has 0 unspecified atom stereocenters. The van der Waals surface area contributed by atoms with Gasteiger partial charge in [-0.15, -0.1) is 0 Å². The van der Waals surface area contributed by atoms with Crippen LogP contribution in [-0.2, 0) is 19.9 Å². The number of hydrogen-bond donors (Lipinski definition) is 0. The molecule has 3 aromatic rings. The van der Waals surface area contributed by atoms with Crippen molar-refractivity contribution in [3.05, 3.63) is 64.3 Å². The van der Waals surface area contributed by atoms with Gasteiger partial charge >= 0.3 is 0 Å². The van der Waals surface area contributed by atoms with Gasteiger partial charge < -0.3 is 0 Å². The molecule has 0 aliphatic rings. The van der Waals surface area contributed by atoms with Gasteiger partial charge in [0.25, 0.3) is 0 Å². The van der Waals surface area contributed by atoms with Crippen LogP contribution in [0.25, 0.3) is 22.0 Å². The van der Waals surface area contributed by atoms with E-state index in [4.69, 9.17) is 1.37 Å². The van der Waals surface area contributed by atoms with E-state index in [2.05, 4.69) is 69.6 Å². The molecule has 0 saturated carbocycles. The Morgan fingerprint density at radius 1 is 1.00 bits per heavy atom. The number of pyridine rings is 1. The van der Waals surface area contributed by atoms with Crippen molar-refractivity contribution >= 4 is 10.8 Å². The molecule has 2 aromatic carbocycles. The van der Waals surface area contributed by atoms with Crippen LogP contribution >= 0.6 is 0 Å². The number of nitrogens with zero attached hydrogens (tertiary/aromatic N) is 1. The summed E-state index contributed by atoms with van der Waals surface area (Å²) in [6, 6.07) is 11.8. The van der Waals surface area contributed by atoms with Crippen molar-refractivity contribution in [1.29, 1.82) is 0 Å². The lowest BCUT2D eigenvalue weighted by Gasteiger charge is -2.14. The molecule has 1 aromatic heterocycles. The van der Waals surface area contributed by atoms with Crippen molar-refractivity contribution < 1.29 is 5.94 Å². The number of fused-ring (bicyclic) bond motifs is 1. The maximum absolute atomic E-state index is 8.57. The first-order valence-corrected chi connectivity index (χ1v) is 8.91. The monoisotopic (exact) mass is 319 g/mol. The van der Waals surface area contributed by atoms with Crippen molar-refractivity contribution in [1.82, 2.24) is 0 Å². The van der Waals surface area contributed by atoms with Crippen molar-refractivity contribution in [2.45, 2.75) is 47.5 Å². The molecule has 0 spiro atoms. The Labute approximate surface area is 147 Å². The summed E-state index contributed by atoms with van der Waals surface area (Å²) >= 11 is 0. The van der Waals surface area contributed by atoms with Crippen LogP contribution < -0.4 is 4.57 Å². The molecule has 124 valence electrons. The molecule has 0 bridgehead atoms. The highest BCUT2D eigenvalue weighted by atomic mass is 14.9. The van der Waals surface area contributed by atoms with E-state index >= 15 is 0 Å². The molecule has 0 amide bonds. The summed E-state index contributed by atoms with van der Waals surface area (Å²) < 4.78 is 10.8. The number of hydrogen-bond acceptors (Lipinski definition) is 0. The van der Waals surface area contributed by atoms with E-state index in [0.717, 1.165) is 23.9 Å². The van der Waals surface area contributed by atoms with E-state index in [1.807, 2.05) is 6.92 Å². The average Bonchev–Trinajstić information content (AvgIpc) is 2.61. The molecule has 0 aliphatic carbocycles. The Morgan fingerprint density at radius 2 is 1.75 bits per heavy atom. The maximum Gasteiger partial charge on any atom is 0.220 e. The summed E-state index contributed by atoms with van der Waals surface area (Å²) in [4.78, 5) is 0. The lowest BCUT2D eigenvalue weighted by atomic mass is 9.91. The van der Waals surface area contributed by atoms with Crippen molar-refractivity contribution in [3.8, 4) is 11.3 Å². The number of aromatic nitrogens is 1. The van der Waals surface area contributed by atoms with Gasteiger partial charge in [-0.1, -0.05) is 37.6 Å². The fourth-order valence-electron chi connectivity index (χ4n) is 3.58. The van der Waals surface area contributed by atoms with Crippen LogP contribution in [0.5, 0.6) is 0 Å². The summed E-state index contributed by atoms with van der Waals surface area (Å²) in [5, 5.41) is 2.21. The third kappa shape index (κ3) is 2.73. The minimum absolute atomic E-state index is 0.630. The van der Waals surface area contributed by atoms with Gasteiger partial charge in [-0.05, 0) is 60.9 Å². The lowest BCUT2D eigenvalue weighted by Crippen LogP contribution is -2.35. The van der Waals surface area contributed by atoms with Gasteiger partial charge in [0.05, 0.1) is 12.3 Å². The van der Waals surface area contributed by atoms with Gasteiger partial charge in [0.1, 0.15) is 7.05 Å². The van der Waals surface area contributed by atoms with Gasteiger partial charge in [0.2, 0.25) is 5.69 Å². The van der Waals surface area contributed by atoms with Crippen molar-refractivity contribution in [2.75, 3.05) is 0 Å². The van der Waals surface area contributed by atoms with Gasteiger partial charge in [-0.25, -0.2) is 0 Å². The molecule has 0 fully saturated rings. The summed E-state index contributed by atoms with van der Waals surface area (Å²) in [5.74, 6) is 0. The SMILES string of the molecule is [2H]c1c(C)[n+](C)c(-c2cc(CC)cc(CC)c2C)c2ccc(C)cc12. The highest BCUT2D eigenvalue weighted by Crippen LogP contribution is 2.32. The zero-order valence-electron chi connectivity index (χ0n) is 16.7. The van der Waals surface area contributed by atoms with Crippen LogP contribution in [0.3, 0.4) is 0 Å². The molecule has 0 N–H and O–H groups in total. The third-order valence-corrected chi connectivity index (χ3v) is 5.20. The van der Waals surface area contributed by atoms with Crippen LogP contribution in [0.4, 0.5) is 0 Å². The van der Waals surface area contributed by atoms with Crippen LogP contribution in [0.2, 0.25) is 0 Å². The standard InChI is InChI=1S/C23H28N/c1-7-18-13-19(8-2)17(5)22(14-18)23-21-10-9-15(3)11-20(21)12-16(4)24(23)6/h9-14H,7-8H2,1-6H3/q+1/i12D. The first kappa shape index (κ1) is 15.4. The van der Waals surface area contributed by atoms with Crippen LogP contribution in [0.15, 0.2) is 36.4 Å². The van der Waals surface area contributed by atoms with Crippen LogP contribution in [0, 0.1) is 20.8 Å². The van der Waals surface area contributed by atoms with Crippen molar-refractivity contribution in [2.24, 2.45) is 7.05 Å². The zero-order valence-corrected chi connectivity index (χ0v) is 15.7. The largest absolute Gasteiger partial charge is 0.220 e. The quantitative estimate of drug-likeness (QED) is 0.571. The Bertz CT molecular complexity index is 970. The first-order chi connectivity index (χ1) is 11.9. The summed E-state index contributed by atoms with van der Waals surface area (Å²) in [6.45, 7) is 10.8.